The van der Waals surface area contributed by atoms with E-state index in [4.69, 9.17) is 4.84 Å². The third kappa shape index (κ3) is 1.27. The molecule has 0 aliphatic carbocycles. The Kier molecular flexibility index (Phi) is 1.99. The Hall–Kier alpha value is -1.30. The number of hydrogen-bond donors (Lipinski definition) is 1. The number of carbonyl (C=O) groups is 1. The highest BCUT2D eigenvalue weighted by Crippen LogP contribution is 2.35. The Morgan fingerprint density at radius 3 is 2.94 bits per heavy atom. The largest absolute Gasteiger partial charge is 0.386 e. The molecule has 98 valence electrons. The Morgan fingerprint density at radius 1 is 1.44 bits per heavy atom. The second-order valence-electron chi connectivity index (χ2n) is 5.93. The zero-order valence-electron chi connectivity index (χ0n) is 10.6. The fourth-order valence-corrected chi connectivity index (χ4v) is 3.51. The molecular formula is C12H18N4O2. The summed E-state index contributed by atoms with van der Waals surface area (Å²) in [5.41, 5.74) is 0.972. The number of oxime groups is 1. The van der Waals surface area contributed by atoms with Gasteiger partial charge in [-0.2, -0.15) is 0 Å². The molecule has 2 atom stereocenters. The van der Waals surface area contributed by atoms with Crippen LogP contribution in [0.1, 0.15) is 19.3 Å². The molecule has 3 fully saturated rings. The molecule has 4 heterocycles. The normalized spacial score (nSPS) is 36.7. The third-order valence-electron chi connectivity index (χ3n) is 4.79. The summed E-state index contributed by atoms with van der Waals surface area (Å²) in [4.78, 5) is 21.6. The molecule has 0 aromatic heterocycles. The number of hydrogen-bond acceptors (Lipinski definition) is 4. The third-order valence-corrected chi connectivity index (χ3v) is 4.79. The lowest BCUT2D eigenvalue weighted by Gasteiger charge is -2.37. The Morgan fingerprint density at radius 2 is 2.28 bits per heavy atom. The quantitative estimate of drug-likeness (QED) is 0.713. The molecule has 6 heteroatoms. The first-order valence-corrected chi connectivity index (χ1v) is 6.68. The molecule has 0 unspecified atom stereocenters. The van der Waals surface area contributed by atoms with Crippen LogP contribution in [0, 0.1) is 0 Å². The summed E-state index contributed by atoms with van der Waals surface area (Å²) in [5.74, 6) is 0. The fourth-order valence-electron chi connectivity index (χ4n) is 3.51. The van der Waals surface area contributed by atoms with Crippen LogP contribution >= 0.6 is 0 Å². The van der Waals surface area contributed by atoms with Gasteiger partial charge >= 0.3 is 6.03 Å². The maximum atomic E-state index is 12.1. The molecule has 2 amide bonds. The number of rotatable bonds is 1. The summed E-state index contributed by atoms with van der Waals surface area (Å²) < 4.78 is 0. The smallest absolute Gasteiger partial charge is 0.320 e. The van der Waals surface area contributed by atoms with Crippen LogP contribution < -0.4 is 5.32 Å². The van der Waals surface area contributed by atoms with Crippen molar-refractivity contribution in [2.75, 3.05) is 26.7 Å². The standard InChI is InChI=1S/C12H18N4O2/c1-15-8-2-3-10(16(5-8)11(15)17)9-4-12(18-14-9)6-13-7-12/h8,10,13H,2-7H2,1H3/t8-,10+/m1/s1. The number of nitrogens with one attached hydrogen (secondary N) is 1. The number of nitrogens with zero attached hydrogens (tertiary/aromatic N) is 3. The van der Waals surface area contributed by atoms with Crippen LogP contribution in [0.3, 0.4) is 0 Å². The number of urea groups is 1. The van der Waals surface area contributed by atoms with Crippen LogP contribution in [0.25, 0.3) is 0 Å². The average molecular weight is 250 g/mol. The van der Waals surface area contributed by atoms with E-state index in [0.29, 0.717) is 6.04 Å². The molecule has 0 radical (unpaired) electrons. The molecule has 6 nitrogen and oxygen atoms in total. The maximum absolute atomic E-state index is 12.1. The summed E-state index contributed by atoms with van der Waals surface area (Å²) >= 11 is 0. The summed E-state index contributed by atoms with van der Waals surface area (Å²) in [7, 11) is 1.90. The van der Waals surface area contributed by atoms with Crippen molar-refractivity contribution in [1.29, 1.82) is 0 Å². The average Bonchev–Trinajstić information content (AvgIpc) is 2.88. The Labute approximate surface area is 106 Å². The lowest BCUT2D eigenvalue weighted by Crippen LogP contribution is -2.60. The van der Waals surface area contributed by atoms with Gasteiger partial charge in [-0.1, -0.05) is 5.16 Å². The Balaban J connectivity index is 1.54. The van der Waals surface area contributed by atoms with Crippen molar-refractivity contribution in [1.82, 2.24) is 15.1 Å². The van der Waals surface area contributed by atoms with Crippen LogP contribution in [-0.4, -0.2) is 65.9 Å². The molecule has 0 aromatic rings. The van der Waals surface area contributed by atoms with Crippen molar-refractivity contribution >= 4 is 11.7 Å². The van der Waals surface area contributed by atoms with Crippen LogP contribution in [0.5, 0.6) is 0 Å². The van der Waals surface area contributed by atoms with Crippen LogP contribution in [-0.2, 0) is 4.84 Å². The minimum Gasteiger partial charge on any atom is -0.386 e. The molecule has 4 aliphatic rings. The van der Waals surface area contributed by atoms with E-state index in [9.17, 15) is 4.79 Å². The second-order valence-corrected chi connectivity index (χ2v) is 5.93. The van der Waals surface area contributed by atoms with Crippen molar-refractivity contribution in [3.05, 3.63) is 0 Å². The van der Waals surface area contributed by atoms with Gasteiger partial charge in [0, 0.05) is 33.1 Å². The lowest BCUT2D eigenvalue weighted by molar-refractivity contribution is -0.0559. The van der Waals surface area contributed by atoms with E-state index < -0.39 is 0 Å². The second kappa shape index (κ2) is 3.38. The zero-order chi connectivity index (χ0) is 12.3. The van der Waals surface area contributed by atoms with E-state index in [1.54, 1.807) is 0 Å². The molecule has 3 saturated heterocycles. The number of fused-ring (bicyclic) bond motifs is 2. The van der Waals surface area contributed by atoms with Gasteiger partial charge in [-0.25, -0.2) is 4.79 Å². The van der Waals surface area contributed by atoms with Crippen molar-refractivity contribution in [2.45, 2.75) is 36.9 Å². The van der Waals surface area contributed by atoms with Gasteiger partial charge in [0.25, 0.3) is 0 Å². The summed E-state index contributed by atoms with van der Waals surface area (Å²) in [5, 5.41) is 7.50. The zero-order valence-corrected chi connectivity index (χ0v) is 10.6. The van der Waals surface area contributed by atoms with E-state index in [1.165, 1.54) is 0 Å². The van der Waals surface area contributed by atoms with E-state index in [1.807, 2.05) is 16.8 Å². The van der Waals surface area contributed by atoms with E-state index >= 15 is 0 Å². The van der Waals surface area contributed by atoms with E-state index in [0.717, 1.165) is 44.6 Å². The number of carbonyl (C=O) groups excluding carboxylic acids is 1. The molecule has 18 heavy (non-hydrogen) atoms. The van der Waals surface area contributed by atoms with E-state index in [2.05, 4.69) is 10.5 Å². The fraction of sp³-hybridized carbons (Fsp3) is 0.833. The molecular weight excluding hydrogens is 232 g/mol. The van der Waals surface area contributed by atoms with Gasteiger partial charge in [-0.3, -0.25) is 0 Å². The molecule has 4 aliphatic heterocycles. The highest BCUT2D eigenvalue weighted by Gasteiger charge is 2.50. The van der Waals surface area contributed by atoms with Crippen LogP contribution in [0.4, 0.5) is 4.79 Å². The van der Waals surface area contributed by atoms with Gasteiger partial charge in [-0.15, -0.1) is 0 Å². The van der Waals surface area contributed by atoms with Gasteiger partial charge in [0.15, 0.2) is 5.60 Å². The SMILES string of the molecule is CN1C(=O)N2C[C@H]1CC[C@H]2C1=NOC2(CNC2)C1. The van der Waals surface area contributed by atoms with Gasteiger partial charge < -0.3 is 20.0 Å². The van der Waals surface area contributed by atoms with Gasteiger partial charge in [-0.05, 0) is 12.8 Å². The molecule has 1 N–H and O–H groups in total. The molecule has 0 aromatic carbocycles. The summed E-state index contributed by atoms with van der Waals surface area (Å²) in [6.07, 6.45) is 2.98. The first-order chi connectivity index (χ1) is 8.69. The molecule has 4 rings (SSSR count). The lowest BCUT2D eigenvalue weighted by atomic mass is 9.86. The predicted octanol–water partition coefficient (Wildman–Crippen LogP) is 0.00310. The summed E-state index contributed by atoms with van der Waals surface area (Å²) in [6.45, 7) is 2.61. The first kappa shape index (κ1) is 10.6. The van der Waals surface area contributed by atoms with Crippen molar-refractivity contribution < 1.29 is 9.63 Å². The highest BCUT2D eigenvalue weighted by molar-refractivity contribution is 5.95. The van der Waals surface area contributed by atoms with Crippen molar-refractivity contribution in [3.63, 3.8) is 0 Å². The maximum Gasteiger partial charge on any atom is 0.320 e. The van der Waals surface area contributed by atoms with Crippen LogP contribution in [0.2, 0.25) is 0 Å². The monoisotopic (exact) mass is 250 g/mol. The Bertz CT molecular complexity index is 432. The van der Waals surface area contributed by atoms with Gasteiger partial charge in [0.2, 0.25) is 0 Å². The molecule has 0 saturated carbocycles. The van der Waals surface area contributed by atoms with Gasteiger partial charge in [0.1, 0.15) is 0 Å². The van der Waals surface area contributed by atoms with Gasteiger partial charge in [0.05, 0.1) is 17.8 Å². The predicted molar refractivity (Wildman–Crippen MR) is 65.4 cm³/mol. The molecule has 2 bridgehead atoms. The van der Waals surface area contributed by atoms with Crippen LogP contribution in [0.15, 0.2) is 5.16 Å². The minimum absolute atomic E-state index is 0.0964. The minimum atomic E-state index is -0.0964. The number of likely N-dealkylation sites (N-methyl/N-ethyl adjacent to an activating group) is 1. The summed E-state index contributed by atoms with van der Waals surface area (Å²) in [6, 6.07) is 0.715. The van der Waals surface area contributed by atoms with Crippen molar-refractivity contribution in [3.8, 4) is 0 Å². The number of piperidine rings is 1. The topological polar surface area (TPSA) is 57.2 Å². The molecule has 1 spiro atoms. The van der Waals surface area contributed by atoms with Crippen molar-refractivity contribution in [2.24, 2.45) is 5.16 Å². The number of amides is 2. The highest BCUT2D eigenvalue weighted by atomic mass is 16.7. The van der Waals surface area contributed by atoms with E-state index in [-0.39, 0.29) is 17.7 Å². The first-order valence-electron chi connectivity index (χ1n) is 6.68.